The van der Waals surface area contributed by atoms with Crippen LogP contribution in [0.3, 0.4) is 0 Å². The number of hydrogen-bond acceptors (Lipinski definition) is 1. The van der Waals surface area contributed by atoms with Gasteiger partial charge in [-0.1, -0.05) is 6.07 Å². The highest BCUT2D eigenvalue weighted by atomic mass is 35.5. The molecule has 0 bridgehead atoms. The summed E-state index contributed by atoms with van der Waals surface area (Å²) in [6, 6.07) is 8.60. The van der Waals surface area contributed by atoms with E-state index in [9.17, 15) is 0 Å². The van der Waals surface area contributed by atoms with Crippen molar-refractivity contribution in [1.29, 1.82) is 0 Å². The van der Waals surface area contributed by atoms with Gasteiger partial charge in [0.25, 0.3) is 0 Å². The van der Waals surface area contributed by atoms with Crippen molar-refractivity contribution in [2.75, 3.05) is 0 Å². The molecule has 0 aliphatic carbocycles. The van der Waals surface area contributed by atoms with Crippen LogP contribution < -0.4 is 0 Å². The van der Waals surface area contributed by atoms with E-state index in [1.165, 1.54) is 20.5 Å². The molecule has 1 aromatic heterocycles. The summed E-state index contributed by atoms with van der Waals surface area (Å²) in [5, 5.41) is 1.32. The summed E-state index contributed by atoms with van der Waals surface area (Å²) in [4.78, 5) is 1.36. The summed E-state index contributed by atoms with van der Waals surface area (Å²) in [5.74, 6) is 0.602. The largest absolute Gasteiger partial charge is 0.141 e. The van der Waals surface area contributed by atoms with E-state index < -0.39 is 0 Å². The van der Waals surface area contributed by atoms with Crippen LogP contribution in [0.2, 0.25) is 0 Å². The van der Waals surface area contributed by atoms with Crippen LogP contribution in [-0.2, 0) is 5.88 Å². The number of benzene rings is 1. The van der Waals surface area contributed by atoms with Crippen molar-refractivity contribution in [2.24, 2.45) is 0 Å². The standard InChI is InChI=1S/C10H9ClS/c1-7-4-9-5-8(6-11)2-3-10(9)12-7/h2-5H,6H2,1H3. The zero-order valence-electron chi connectivity index (χ0n) is 6.80. The van der Waals surface area contributed by atoms with Gasteiger partial charge in [-0.25, -0.2) is 0 Å². The lowest BCUT2D eigenvalue weighted by molar-refractivity contribution is 1.43. The molecule has 0 nitrogen and oxygen atoms in total. The number of thiophene rings is 1. The van der Waals surface area contributed by atoms with Gasteiger partial charge in [-0.05, 0) is 36.1 Å². The lowest BCUT2D eigenvalue weighted by Crippen LogP contribution is -1.73. The highest BCUT2D eigenvalue weighted by Crippen LogP contribution is 2.26. The normalized spacial score (nSPS) is 10.8. The topological polar surface area (TPSA) is 0 Å². The number of aryl methyl sites for hydroxylation is 1. The van der Waals surface area contributed by atoms with Gasteiger partial charge in [0, 0.05) is 15.5 Å². The van der Waals surface area contributed by atoms with E-state index >= 15 is 0 Å². The lowest BCUT2D eigenvalue weighted by Gasteiger charge is -1.93. The second-order valence-corrected chi connectivity index (χ2v) is 4.42. The Hall–Kier alpha value is -0.530. The van der Waals surface area contributed by atoms with Crippen molar-refractivity contribution in [3.8, 4) is 0 Å². The molecular weight excluding hydrogens is 188 g/mol. The zero-order valence-corrected chi connectivity index (χ0v) is 8.38. The van der Waals surface area contributed by atoms with E-state index in [1.807, 2.05) is 11.3 Å². The van der Waals surface area contributed by atoms with Crippen LogP contribution in [0.1, 0.15) is 10.4 Å². The molecule has 0 saturated heterocycles. The Morgan fingerprint density at radius 3 is 2.92 bits per heavy atom. The molecule has 2 rings (SSSR count). The minimum atomic E-state index is 0.602. The first-order chi connectivity index (χ1) is 5.79. The molecule has 62 valence electrons. The lowest BCUT2D eigenvalue weighted by atomic mass is 10.2. The third-order valence-corrected chi connectivity index (χ3v) is 3.20. The van der Waals surface area contributed by atoms with Crippen LogP contribution in [0.25, 0.3) is 10.1 Å². The Morgan fingerprint density at radius 1 is 1.33 bits per heavy atom. The van der Waals surface area contributed by atoms with Crippen molar-refractivity contribution in [3.05, 3.63) is 34.7 Å². The van der Waals surface area contributed by atoms with Gasteiger partial charge in [-0.2, -0.15) is 0 Å². The quantitative estimate of drug-likeness (QED) is 0.606. The van der Waals surface area contributed by atoms with Crippen LogP contribution in [0.5, 0.6) is 0 Å². The molecule has 0 N–H and O–H groups in total. The molecule has 0 unspecified atom stereocenters. The maximum atomic E-state index is 5.74. The molecule has 0 atom stereocenters. The molecule has 0 amide bonds. The number of fused-ring (bicyclic) bond motifs is 1. The first-order valence-corrected chi connectivity index (χ1v) is 5.20. The second kappa shape index (κ2) is 3.08. The van der Waals surface area contributed by atoms with Gasteiger partial charge < -0.3 is 0 Å². The number of alkyl halides is 1. The van der Waals surface area contributed by atoms with Gasteiger partial charge in [-0.15, -0.1) is 22.9 Å². The zero-order chi connectivity index (χ0) is 8.55. The van der Waals surface area contributed by atoms with Crippen LogP contribution >= 0.6 is 22.9 Å². The van der Waals surface area contributed by atoms with E-state index in [2.05, 4.69) is 31.2 Å². The van der Waals surface area contributed by atoms with Crippen molar-refractivity contribution in [1.82, 2.24) is 0 Å². The molecule has 2 heteroatoms. The fourth-order valence-electron chi connectivity index (χ4n) is 1.31. The average Bonchev–Trinajstić information content (AvgIpc) is 2.43. The fraction of sp³-hybridized carbons (Fsp3) is 0.200. The molecule has 0 aliphatic rings. The monoisotopic (exact) mass is 196 g/mol. The fourth-order valence-corrected chi connectivity index (χ4v) is 2.38. The Kier molecular flexibility index (Phi) is 2.07. The predicted octanol–water partition coefficient (Wildman–Crippen LogP) is 3.95. The highest BCUT2D eigenvalue weighted by molar-refractivity contribution is 7.19. The second-order valence-electron chi connectivity index (χ2n) is 2.86. The van der Waals surface area contributed by atoms with E-state index in [1.54, 1.807) is 0 Å². The van der Waals surface area contributed by atoms with E-state index in [0.29, 0.717) is 5.88 Å². The Morgan fingerprint density at radius 2 is 2.17 bits per heavy atom. The summed E-state index contributed by atoms with van der Waals surface area (Å²) in [6.07, 6.45) is 0. The predicted molar refractivity (Wildman–Crippen MR) is 56.1 cm³/mol. The maximum Gasteiger partial charge on any atom is 0.0474 e. The number of halogens is 1. The van der Waals surface area contributed by atoms with Gasteiger partial charge in [-0.3, -0.25) is 0 Å². The molecule has 0 fully saturated rings. The Bertz CT molecular complexity index is 403. The molecule has 0 saturated carbocycles. The average molecular weight is 197 g/mol. The van der Waals surface area contributed by atoms with E-state index in [4.69, 9.17) is 11.6 Å². The molecule has 0 aliphatic heterocycles. The van der Waals surface area contributed by atoms with Crippen LogP contribution in [0.4, 0.5) is 0 Å². The number of rotatable bonds is 1. The first kappa shape index (κ1) is 8.09. The van der Waals surface area contributed by atoms with Gasteiger partial charge >= 0.3 is 0 Å². The Labute approximate surface area is 80.8 Å². The highest BCUT2D eigenvalue weighted by Gasteiger charge is 1.98. The molecule has 0 radical (unpaired) electrons. The van der Waals surface area contributed by atoms with Crippen molar-refractivity contribution >= 4 is 33.0 Å². The van der Waals surface area contributed by atoms with Crippen molar-refractivity contribution in [2.45, 2.75) is 12.8 Å². The van der Waals surface area contributed by atoms with Crippen LogP contribution in [0, 0.1) is 6.92 Å². The minimum absolute atomic E-state index is 0.602. The summed E-state index contributed by atoms with van der Waals surface area (Å²) in [5.41, 5.74) is 1.20. The molecule has 12 heavy (non-hydrogen) atoms. The third-order valence-electron chi connectivity index (χ3n) is 1.86. The maximum absolute atomic E-state index is 5.74. The Balaban J connectivity index is 2.66. The van der Waals surface area contributed by atoms with Gasteiger partial charge in [0.1, 0.15) is 0 Å². The summed E-state index contributed by atoms with van der Waals surface area (Å²) >= 11 is 7.57. The SMILES string of the molecule is Cc1cc2cc(CCl)ccc2s1. The smallest absolute Gasteiger partial charge is 0.0474 e. The molecule has 2 aromatic rings. The van der Waals surface area contributed by atoms with Gasteiger partial charge in [0.2, 0.25) is 0 Å². The van der Waals surface area contributed by atoms with Crippen LogP contribution in [-0.4, -0.2) is 0 Å². The van der Waals surface area contributed by atoms with Crippen molar-refractivity contribution in [3.63, 3.8) is 0 Å². The summed E-state index contributed by atoms with van der Waals surface area (Å²) in [6.45, 7) is 2.13. The molecule has 0 spiro atoms. The molecule has 1 aromatic carbocycles. The van der Waals surface area contributed by atoms with E-state index in [0.717, 1.165) is 0 Å². The first-order valence-electron chi connectivity index (χ1n) is 3.84. The van der Waals surface area contributed by atoms with Crippen molar-refractivity contribution < 1.29 is 0 Å². The van der Waals surface area contributed by atoms with Crippen LogP contribution in [0.15, 0.2) is 24.3 Å². The third kappa shape index (κ3) is 1.35. The van der Waals surface area contributed by atoms with E-state index in [-0.39, 0.29) is 0 Å². The summed E-state index contributed by atoms with van der Waals surface area (Å²) < 4.78 is 1.35. The minimum Gasteiger partial charge on any atom is -0.141 e. The van der Waals surface area contributed by atoms with Gasteiger partial charge in [0.15, 0.2) is 0 Å². The molecular formula is C10H9ClS. The molecule has 1 heterocycles. The van der Waals surface area contributed by atoms with Gasteiger partial charge in [0.05, 0.1) is 0 Å². The number of hydrogen-bond donors (Lipinski definition) is 0. The summed E-state index contributed by atoms with van der Waals surface area (Å²) in [7, 11) is 0.